The maximum atomic E-state index is 13.0. The molecule has 7 nitrogen and oxygen atoms in total. The summed E-state index contributed by atoms with van der Waals surface area (Å²) >= 11 is 6.09. The normalized spacial score (nSPS) is 14.5. The molecule has 0 unspecified atom stereocenters. The Morgan fingerprint density at radius 3 is 2.65 bits per heavy atom. The van der Waals surface area contributed by atoms with E-state index in [1.54, 1.807) is 10.6 Å². The number of nitrogens with zero attached hydrogens (tertiary/aromatic N) is 5. The highest BCUT2D eigenvalue weighted by Crippen LogP contribution is 2.30. The minimum atomic E-state index is -0.185. The molecule has 0 spiro atoms. The molecule has 1 N–H and O–H groups in total. The summed E-state index contributed by atoms with van der Waals surface area (Å²) in [5, 5.41) is 3.48. The summed E-state index contributed by atoms with van der Waals surface area (Å²) in [5.74, 6) is 0.871. The zero-order chi connectivity index (χ0) is 23.5. The van der Waals surface area contributed by atoms with E-state index in [1.807, 2.05) is 25.4 Å². The van der Waals surface area contributed by atoms with Crippen molar-refractivity contribution in [1.82, 2.24) is 24.7 Å². The number of rotatable bonds is 6. The number of benzene rings is 1. The molecule has 0 atom stereocenters. The number of fused-ring (bicyclic) bond motifs is 1. The molecule has 0 radical (unpaired) electrons. The Kier molecular flexibility index (Phi) is 6.45. The van der Waals surface area contributed by atoms with Crippen LogP contribution in [0.4, 0.5) is 5.69 Å². The largest absolute Gasteiger partial charge is 0.371 e. The Balaban J connectivity index is 1.21. The Hall–Kier alpha value is -3.45. The Bertz CT molecular complexity index is 1280. The SMILES string of the molecule is CCc1nc2ncc(Cl)cn2c1C(=O)NCc1ccc(N2CCC(c3cccnc3)CC2)cc1. The molecule has 1 fully saturated rings. The highest BCUT2D eigenvalue weighted by molar-refractivity contribution is 6.30. The lowest BCUT2D eigenvalue weighted by Crippen LogP contribution is -2.32. The molecule has 1 saturated heterocycles. The number of aromatic nitrogens is 4. The number of aryl methyl sites for hydroxylation is 1. The minimum Gasteiger partial charge on any atom is -0.371 e. The lowest BCUT2D eigenvalue weighted by Gasteiger charge is -2.33. The van der Waals surface area contributed by atoms with Crippen LogP contribution in [0.1, 0.15) is 53.0 Å². The molecule has 4 aromatic rings. The first kappa shape index (κ1) is 22.3. The van der Waals surface area contributed by atoms with Crippen LogP contribution >= 0.6 is 11.6 Å². The van der Waals surface area contributed by atoms with Crippen LogP contribution in [0.3, 0.4) is 0 Å². The predicted molar refractivity (Wildman–Crippen MR) is 133 cm³/mol. The van der Waals surface area contributed by atoms with E-state index in [0.29, 0.717) is 41.1 Å². The molecule has 3 aromatic heterocycles. The van der Waals surface area contributed by atoms with Gasteiger partial charge in [0.1, 0.15) is 5.69 Å². The van der Waals surface area contributed by atoms with Crippen molar-refractivity contribution in [2.75, 3.05) is 18.0 Å². The molecule has 1 aliphatic rings. The molecule has 8 heteroatoms. The summed E-state index contributed by atoms with van der Waals surface area (Å²) in [6, 6.07) is 12.6. The van der Waals surface area contributed by atoms with E-state index < -0.39 is 0 Å². The highest BCUT2D eigenvalue weighted by atomic mass is 35.5. The standard InChI is InChI=1S/C26H27ClN6O/c1-2-23-24(33-17-21(27)16-30-26(33)31-23)25(34)29-14-18-5-7-22(8-6-18)32-12-9-19(10-13-32)20-4-3-11-28-15-20/h3-8,11,15-17,19H,2,9-10,12-14H2,1H3,(H,29,34). The highest BCUT2D eigenvalue weighted by Gasteiger charge is 2.21. The van der Waals surface area contributed by atoms with Gasteiger partial charge in [-0.3, -0.25) is 14.2 Å². The lowest BCUT2D eigenvalue weighted by molar-refractivity contribution is 0.0944. The smallest absolute Gasteiger partial charge is 0.270 e. The van der Waals surface area contributed by atoms with E-state index in [4.69, 9.17) is 11.6 Å². The van der Waals surface area contributed by atoms with Crippen molar-refractivity contribution in [2.45, 2.75) is 38.6 Å². The van der Waals surface area contributed by atoms with Crippen LogP contribution in [0.2, 0.25) is 5.02 Å². The number of pyridine rings is 1. The second-order valence-electron chi connectivity index (χ2n) is 8.60. The summed E-state index contributed by atoms with van der Waals surface area (Å²) in [4.78, 5) is 28.4. The van der Waals surface area contributed by atoms with Crippen LogP contribution in [0.5, 0.6) is 0 Å². The number of carbonyl (C=O) groups is 1. The van der Waals surface area contributed by atoms with E-state index >= 15 is 0 Å². The molecule has 34 heavy (non-hydrogen) atoms. The maximum Gasteiger partial charge on any atom is 0.270 e. The molecule has 1 aromatic carbocycles. The fourth-order valence-electron chi connectivity index (χ4n) is 4.62. The van der Waals surface area contributed by atoms with Crippen LogP contribution < -0.4 is 10.2 Å². The number of piperidine rings is 1. The van der Waals surface area contributed by atoms with Crippen LogP contribution in [0, 0.1) is 0 Å². The number of hydrogen-bond acceptors (Lipinski definition) is 5. The quantitative estimate of drug-likeness (QED) is 0.440. The Labute approximate surface area is 203 Å². The van der Waals surface area contributed by atoms with E-state index in [2.05, 4.69) is 55.5 Å². The van der Waals surface area contributed by atoms with Gasteiger partial charge >= 0.3 is 0 Å². The average Bonchev–Trinajstić information content (AvgIpc) is 3.26. The van der Waals surface area contributed by atoms with Crippen LogP contribution in [0.15, 0.2) is 61.2 Å². The zero-order valence-corrected chi connectivity index (χ0v) is 19.9. The van der Waals surface area contributed by atoms with Gasteiger partial charge in [-0.15, -0.1) is 0 Å². The van der Waals surface area contributed by atoms with Crippen LogP contribution in [-0.2, 0) is 13.0 Å². The first-order chi connectivity index (χ1) is 16.6. The molecular weight excluding hydrogens is 448 g/mol. The molecule has 1 aliphatic heterocycles. The second-order valence-corrected chi connectivity index (χ2v) is 9.04. The number of anilines is 1. The van der Waals surface area contributed by atoms with Crippen LogP contribution in [0.25, 0.3) is 5.78 Å². The van der Waals surface area contributed by atoms with Gasteiger partial charge in [-0.1, -0.05) is 36.7 Å². The van der Waals surface area contributed by atoms with Gasteiger partial charge in [0.15, 0.2) is 0 Å². The fourth-order valence-corrected chi connectivity index (χ4v) is 4.77. The number of imidazole rings is 1. The Morgan fingerprint density at radius 2 is 1.94 bits per heavy atom. The Morgan fingerprint density at radius 1 is 1.15 bits per heavy atom. The van der Waals surface area contributed by atoms with Gasteiger partial charge in [-0.2, -0.15) is 0 Å². The molecule has 4 heterocycles. The summed E-state index contributed by atoms with van der Waals surface area (Å²) in [6.45, 7) is 4.46. The topological polar surface area (TPSA) is 75.4 Å². The molecule has 5 rings (SSSR count). The fraction of sp³-hybridized carbons (Fsp3) is 0.308. The lowest BCUT2D eigenvalue weighted by atomic mass is 9.90. The molecular formula is C26H27ClN6O. The summed E-state index contributed by atoms with van der Waals surface area (Å²) in [6.07, 6.45) is 9.92. The van der Waals surface area contributed by atoms with Gasteiger partial charge in [-0.05, 0) is 54.5 Å². The summed E-state index contributed by atoms with van der Waals surface area (Å²) in [5.41, 5.74) is 4.79. The maximum absolute atomic E-state index is 13.0. The molecule has 0 saturated carbocycles. The van der Waals surface area contributed by atoms with Gasteiger partial charge in [0.25, 0.3) is 5.91 Å². The van der Waals surface area contributed by atoms with E-state index in [9.17, 15) is 4.79 Å². The third kappa shape index (κ3) is 4.61. The first-order valence-corrected chi connectivity index (χ1v) is 12.0. The van der Waals surface area contributed by atoms with Crippen molar-refractivity contribution >= 4 is 29.0 Å². The van der Waals surface area contributed by atoms with E-state index in [-0.39, 0.29) is 5.91 Å². The van der Waals surface area contributed by atoms with E-state index in [1.165, 1.54) is 17.4 Å². The summed E-state index contributed by atoms with van der Waals surface area (Å²) in [7, 11) is 0. The van der Waals surface area contributed by atoms with Crippen molar-refractivity contribution in [3.8, 4) is 0 Å². The molecule has 0 bridgehead atoms. The van der Waals surface area contributed by atoms with Gasteiger partial charge in [0.05, 0.1) is 16.9 Å². The van der Waals surface area contributed by atoms with Gasteiger partial charge in [0, 0.05) is 43.9 Å². The molecule has 1 amide bonds. The van der Waals surface area contributed by atoms with Crippen molar-refractivity contribution in [2.24, 2.45) is 0 Å². The summed E-state index contributed by atoms with van der Waals surface area (Å²) < 4.78 is 1.66. The van der Waals surface area contributed by atoms with E-state index in [0.717, 1.165) is 31.5 Å². The van der Waals surface area contributed by atoms with Crippen LogP contribution in [-0.4, -0.2) is 38.3 Å². The van der Waals surface area contributed by atoms with Gasteiger partial charge in [-0.25, -0.2) is 9.97 Å². The number of amides is 1. The monoisotopic (exact) mass is 474 g/mol. The zero-order valence-electron chi connectivity index (χ0n) is 19.1. The number of hydrogen-bond donors (Lipinski definition) is 1. The minimum absolute atomic E-state index is 0.185. The number of halogens is 1. The van der Waals surface area contributed by atoms with Crippen molar-refractivity contribution < 1.29 is 4.79 Å². The van der Waals surface area contributed by atoms with Crippen molar-refractivity contribution in [3.05, 3.63) is 88.7 Å². The average molecular weight is 475 g/mol. The predicted octanol–water partition coefficient (Wildman–Crippen LogP) is 4.65. The molecule has 0 aliphatic carbocycles. The number of nitrogens with one attached hydrogen (secondary N) is 1. The third-order valence-electron chi connectivity index (χ3n) is 6.48. The second kappa shape index (κ2) is 9.81. The van der Waals surface area contributed by atoms with Crippen molar-refractivity contribution in [3.63, 3.8) is 0 Å². The third-order valence-corrected chi connectivity index (χ3v) is 6.67. The van der Waals surface area contributed by atoms with Gasteiger partial charge < -0.3 is 10.2 Å². The number of carbonyl (C=O) groups excluding carboxylic acids is 1. The molecule has 174 valence electrons. The van der Waals surface area contributed by atoms with Gasteiger partial charge in [0.2, 0.25) is 5.78 Å². The first-order valence-electron chi connectivity index (χ1n) is 11.7. The van der Waals surface area contributed by atoms with Crippen molar-refractivity contribution in [1.29, 1.82) is 0 Å².